The average Bonchev–Trinajstić information content (AvgIpc) is 2.72. The highest BCUT2D eigenvalue weighted by Gasteiger charge is 2.24. The number of hydrogen-bond acceptors (Lipinski definition) is 2. The van der Waals surface area contributed by atoms with Crippen LogP contribution in [0, 0.1) is 0 Å². The lowest BCUT2D eigenvalue weighted by Crippen LogP contribution is -2.43. The van der Waals surface area contributed by atoms with E-state index in [-0.39, 0.29) is 11.4 Å². The summed E-state index contributed by atoms with van der Waals surface area (Å²) in [6.07, 6.45) is 5.68. The van der Waals surface area contributed by atoms with Crippen LogP contribution in [0.25, 0.3) is 0 Å². The van der Waals surface area contributed by atoms with Crippen molar-refractivity contribution in [3.63, 3.8) is 0 Å². The van der Waals surface area contributed by atoms with Gasteiger partial charge >= 0.3 is 0 Å². The third-order valence-electron chi connectivity index (χ3n) is 3.64. The first-order valence-corrected chi connectivity index (χ1v) is 7.33. The monoisotopic (exact) mass is 251 g/mol. The smallest absolute Gasteiger partial charge is 0.252 e. The van der Waals surface area contributed by atoms with E-state index in [1.165, 1.54) is 23.3 Å². The van der Waals surface area contributed by atoms with Crippen molar-refractivity contribution in [2.45, 2.75) is 58.4 Å². The Kier molecular flexibility index (Phi) is 3.57. The highest BCUT2D eigenvalue weighted by molar-refractivity contribution is 7.10. The molecule has 1 amide bonds. The molecule has 1 heterocycles. The summed E-state index contributed by atoms with van der Waals surface area (Å²) in [4.78, 5) is 13.7. The van der Waals surface area contributed by atoms with Crippen LogP contribution in [0.2, 0.25) is 0 Å². The molecule has 1 aromatic heterocycles. The topological polar surface area (TPSA) is 29.1 Å². The Bertz CT molecular complexity index is 420. The van der Waals surface area contributed by atoms with Crippen LogP contribution in [0.4, 0.5) is 0 Å². The predicted octanol–water partition coefficient (Wildman–Crippen LogP) is 3.55. The van der Waals surface area contributed by atoms with Crippen molar-refractivity contribution in [1.82, 2.24) is 5.32 Å². The molecule has 0 radical (unpaired) electrons. The van der Waals surface area contributed by atoms with Gasteiger partial charge in [0.15, 0.2) is 0 Å². The van der Waals surface area contributed by atoms with Crippen LogP contribution in [0.5, 0.6) is 0 Å². The zero-order valence-corrected chi connectivity index (χ0v) is 11.7. The van der Waals surface area contributed by atoms with Gasteiger partial charge < -0.3 is 5.32 Å². The molecule has 0 fully saturated rings. The van der Waals surface area contributed by atoms with Gasteiger partial charge in [0.1, 0.15) is 0 Å². The third kappa shape index (κ3) is 2.71. The van der Waals surface area contributed by atoms with Crippen molar-refractivity contribution < 1.29 is 4.79 Å². The predicted molar refractivity (Wildman–Crippen MR) is 72.8 cm³/mol. The lowest BCUT2D eigenvalue weighted by Gasteiger charge is -2.24. The van der Waals surface area contributed by atoms with Gasteiger partial charge in [-0.3, -0.25) is 4.79 Å². The average molecular weight is 251 g/mol. The summed E-state index contributed by atoms with van der Waals surface area (Å²) in [6.45, 7) is 6.25. The molecule has 0 aromatic carbocycles. The van der Waals surface area contributed by atoms with Crippen LogP contribution in [-0.2, 0) is 12.8 Å². The van der Waals surface area contributed by atoms with E-state index in [4.69, 9.17) is 0 Å². The van der Waals surface area contributed by atoms with Gasteiger partial charge in [-0.1, -0.05) is 6.92 Å². The van der Waals surface area contributed by atoms with E-state index in [0.29, 0.717) is 0 Å². The number of thiophene rings is 1. The van der Waals surface area contributed by atoms with E-state index in [1.807, 2.05) is 5.38 Å². The third-order valence-corrected chi connectivity index (χ3v) is 4.73. The molecule has 3 heteroatoms. The van der Waals surface area contributed by atoms with E-state index < -0.39 is 0 Å². The molecule has 1 aliphatic carbocycles. The number of rotatable bonds is 3. The van der Waals surface area contributed by atoms with Crippen molar-refractivity contribution in [3.8, 4) is 0 Å². The fourth-order valence-electron chi connectivity index (χ4n) is 2.15. The SMILES string of the molecule is CCC(C)(C)NC(=O)c1csc2c1CCCC2. The highest BCUT2D eigenvalue weighted by Crippen LogP contribution is 2.30. The standard InChI is InChI=1S/C14H21NOS/c1-4-14(2,3)15-13(16)11-9-17-12-8-6-5-7-10(11)12/h9H,4-8H2,1-3H3,(H,15,16). The summed E-state index contributed by atoms with van der Waals surface area (Å²) in [6, 6.07) is 0. The van der Waals surface area contributed by atoms with Gasteiger partial charge in [-0.15, -0.1) is 11.3 Å². The van der Waals surface area contributed by atoms with Crippen LogP contribution < -0.4 is 5.32 Å². The number of fused-ring (bicyclic) bond motifs is 1. The minimum Gasteiger partial charge on any atom is -0.347 e. The second kappa shape index (κ2) is 4.81. The molecular weight excluding hydrogens is 230 g/mol. The minimum absolute atomic E-state index is 0.108. The number of nitrogens with one attached hydrogen (secondary N) is 1. The number of aryl methyl sites for hydroxylation is 1. The first-order chi connectivity index (χ1) is 8.03. The van der Waals surface area contributed by atoms with Gasteiger partial charge in [-0.2, -0.15) is 0 Å². The van der Waals surface area contributed by atoms with Crippen LogP contribution in [0.1, 0.15) is 60.8 Å². The molecule has 2 nitrogen and oxygen atoms in total. The lowest BCUT2D eigenvalue weighted by atomic mass is 9.94. The van der Waals surface area contributed by atoms with Gasteiger partial charge in [0.25, 0.3) is 5.91 Å². The van der Waals surface area contributed by atoms with Gasteiger partial charge in [-0.25, -0.2) is 0 Å². The highest BCUT2D eigenvalue weighted by atomic mass is 32.1. The fourth-order valence-corrected chi connectivity index (χ4v) is 3.27. The molecule has 0 spiro atoms. The summed E-state index contributed by atoms with van der Waals surface area (Å²) in [7, 11) is 0. The normalized spacial score (nSPS) is 15.5. The maximum Gasteiger partial charge on any atom is 0.252 e. The zero-order chi connectivity index (χ0) is 12.5. The van der Waals surface area contributed by atoms with Crippen molar-refractivity contribution in [1.29, 1.82) is 0 Å². The molecule has 94 valence electrons. The van der Waals surface area contributed by atoms with E-state index >= 15 is 0 Å². The summed E-state index contributed by atoms with van der Waals surface area (Å²) < 4.78 is 0. The zero-order valence-electron chi connectivity index (χ0n) is 10.9. The van der Waals surface area contributed by atoms with Crippen molar-refractivity contribution >= 4 is 17.2 Å². The fraction of sp³-hybridized carbons (Fsp3) is 0.643. The maximum absolute atomic E-state index is 12.2. The van der Waals surface area contributed by atoms with Gasteiger partial charge in [0.05, 0.1) is 5.56 Å². The summed E-state index contributed by atoms with van der Waals surface area (Å²) in [5, 5.41) is 5.16. The molecule has 17 heavy (non-hydrogen) atoms. The number of carbonyl (C=O) groups is 1. The van der Waals surface area contributed by atoms with E-state index in [2.05, 4.69) is 26.1 Å². The maximum atomic E-state index is 12.2. The summed E-state index contributed by atoms with van der Waals surface area (Å²) >= 11 is 1.75. The Balaban J connectivity index is 2.17. The van der Waals surface area contributed by atoms with Gasteiger partial charge in [0.2, 0.25) is 0 Å². The van der Waals surface area contributed by atoms with Crippen LogP contribution in [0.3, 0.4) is 0 Å². The number of amides is 1. The minimum atomic E-state index is -0.111. The lowest BCUT2D eigenvalue weighted by molar-refractivity contribution is 0.0910. The van der Waals surface area contributed by atoms with E-state index in [0.717, 1.165) is 24.8 Å². The molecule has 0 aliphatic heterocycles. The number of carbonyl (C=O) groups excluding carboxylic acids is 1. The first-order valence-electron chi connectivity index (χ1n) is 6.45. The Morgan fingerprint density at radius 1 is 1.41 bits per heavy atom. The van der Waals surface area contributed by atoms with Crippen molar-refractivity contribution in [3.05, 3.63) is 21.4 Å². The first kappa shape index (κ1) is 12.6. The summed E-state index contributed by atoms with van der Waals surface area (Å²) in [5.74, 6) is 0.108. The Morgan fingerprint density at radius 3 is 2.82 bits per heavy atom. The van der Waals surface area contributed by atoms with Crippen molar-refractivity contribution in [2.24, 2.45) is 0 Å². The van der Waals surface area contributed by atoms with E-state index in [1.54, 1.807) is 11.3 Å². The molecule has 0 atom stereocenters. The van der Waals surface area contributed by atoms with Crippen LogP contribution in [0.15, 0.2) is 5.38 Å². The second-order valence-electron chi connectivity index (χ2n) is 5.45. The Labute approximate surface area is 107 Å². The Morgan fingerprint density at radius 2 is 2.12 bits per heavy atom. The van der Waals surface area contributed by atoms with E-state index in [9.17, 15) is 4.79 Å². The molecule has 0 bridgehead atoms. The quantitative estimate of drug-likeness (QED) is 0.874. The van der Waals surface area contributed by atoms with Crippen LogP contribution in [-0.4, -0.2) is 11.4 Å². The van der Waals surface area contributed by atoms with Gasteiger partial charge in [0, 0.05) is 15.8 Å². The molecule has 1 aromatic rings. The molecule has 0 unspecified atom stereocenters. The Hall–Kier alpha value is -0.830. The summed E-state index contributed by atoms with van der Waals surface area (Å²) in [5.41, 5.74) is 2.12. The molecule has 0 saturated carbocycles. The molecule has 0 saturated heterocycles. The second-order valence-corrected chi connectivity index (χ2v) is 6.41. The van der Waals surface area contributed by atoms with Crippen LogP contribution >= 0.6 is 11.3 Å². The largest absolute Gasteiger partial charge is 0.347 e. The molecule has 1 N–H and O–H groups in total. The molecule has 2 rings (SSSR count). The number of hydrogen-bond donors (Lipinski definition) is 1. The molecular formula is C14H21NOS. The van der Waals surface area contributed by atoms with Gasteiger partial charge in [-0.05, 0) is 51.5 Å². The molecule has 1 aliphatic rings. The van der Waals surface area contributed by atoms with Crippen molar-refractivity contribution in [2.75, 3.05) is 0 Å².